The highest BCUT2D eigenvalue weighted by atomic mass is 19.1. The Hall–Kier alpha value is -1.13. The minimum absolute atomic E-state index is 0.188. The average Bonchev–Trinajstić information content (AvgIpc) is 2.84. The van der Waals surface area contributed by atoms with Crippen LogP contribution >= 0.6 is 0 Å². The lowest BCUT2D eigenvalue weighted by Gasteiger charge is -2.27. The molecule has 1 aromatic carbocycles. The van der Waals surface area contributed by atoms with E-state index < -0.39 is 6.10 Å². The second-order valence-corrected chi connectivity index (χ2v) is 5.24. The van der Waals surface area contributed by atoms with Gasteiger partial charge in [-0.2, -0.15) is 0 Å². The lowest BCUT2D eigenvalue weighted by atomic mass is 10.1. The van der Waals surface area contributed by atoms with E-state index in [1.54, 1.807) is 19.1 Å². The summed E-state index contributed by atoms with van der Waals surface area (Å²) in [7, 11) is 0. The number of hydrogen-bond donors (Lipinski definition) is 2. The van der Waals surface area contributed by atoms with Gasteiger partial charge in [0.15, 0.2) is 0 Å². The van der Waals surface area contributed by atoms with E-state index in [1.165, 1.54) is 6.07 Å². The molecule has 1 aliphatic heterocycles. The van der Waals surface area contributed by atoms with Gasteiger partial charge in [0.1, 0.15) is 5.82 Å². The van der Waals surface area contributed by atoms with Crippen LogP contribution in [0.1, 0.15) is 44.3 Å². The molecule has 0 radical (unpaired) electrons. The number of aliphatic hydroxyl groups excluding tert-OH is 2. The van der Waals surface area contributed by atoms with E-state index in [2.05, 4.69) is 4.90 Å². The van der Waals surface area contributed by atoms with E-state index in [4.69, 9.17) is 5.11 Å². The third-order valence-electron chi connectivity index (χ3n) is 3.84. The first-order valence-electron chi connectivity index (χ1n) is 6.98. The van der Waals surface area contributed by atoms with Crippen LogP contribution in [0.25, 0.3) is 0 Å². The van der Waals surface area contributed by atoms with E-state index in [-0.39, 0.29) is 12.4 Å². The topological polar surface area (TPSA) is 43.7 Å². The molecular weight excluding hydrogens is 245 g/mol. The molecule has 106 valence electrons. The van der Waals surface area contributed by atoms with Crippen molar-refractivity contribution in [2.75, 3.05) is 18.1 Å². The fraction of sp³-hybridized carbons (Fsp3) is 0.600. The van der Waals surface area contributed by atoms with E-state index in [9.17, 15) is 9.50 Å². The first-order chi connectivity index (χ1) is 9.13. The Bertz CT molecular complexity index is 423. The van der Waals surface area contributed by atoms with Gasteiger partial charge in [-0.3, -0.25) is 0 Å². The molecule has 2 unspecified atom stereocenters. The highest BCUT2D eigenvalue weighted by Crippen LogP contribution is 2.31. The van der Waals surface area contributed by atoms with Gasteiger partial charge < -0.3 is 15.1 Å². The monoisotopic (exact) mass is 267 g/mol. The van der Waals surface area contributed by atoms with Crippen LogP contribution in [-0.4, -0.2) is 29.4 Å². The quantitative estimate of drug-likeness (QED) is 0.862. The Morgan fingerprint density at radius 2 is 2.26 bits per heavy atom. The zero-order valence-electron chi connectivity index (χ0n) is 11.3. The molecule has 0 spiro atoms. The van der Waals surface area contributed by atoms with Crippen LogP contribution < -0.4 is 4.90 Å². The van der Waals surface area contributed by atoms with Crippen molar-refractivity contribution in [3.63, 3.8) is 0 Å². The minimum Gasteiger partial charge on any atom is -0.396 e. The molecule has 1 aliphatic rings. The second kappa shape index (κ2) is 6.35. The third-order valence-corrected chi connectivity index (χ3v) is 3.84. The maximum absolute atomic E-state index is 14.2. The van der Waals surface area contributed by atoms with Gasteiger partial charge >= 0.3 is 0 Å². The summed E-state index contributed by atoms with van der Waals surface area (Å²) in [4.78, 5) is 2.09. The van der Waals surface area contributed by atoms with Crippen molar-refractivity contribution in [2.45, 2.75) is 44.8 Å². The first-order valence-corrected chi connectivity index (χ1v) is 6.98. The SMILES string of the molecule is CC(O)c1ccc(N2CCCC2CCCO)c(F)c1. The van der Waals surface area contributed by atoms with Crippen molar-refractivity contribution in [3.05, 3.63) is 29.6 Å². The molecule has 4 heteroatoms. The summed E-state index contributed by atoms with van der Waals surface area (Å²) in [6, 6.07) is 5.28. The molecule has 1 saturated heterocycles. The molecule has 1 heterocycles. The fourth-order valence-electron chi connectivity index (χ4n) is 2.80. The molecule has 0 aromatic heterocycles. The van der Waals surface area contributed by atoms with Crippen molar-refractivity contribution < 1.29 is 14.6 Å². The molecule has 0 aliphatic carbocycles. The van der Waals surface area contributed by atoms with Crippen molar-refractivity contribution in [1.29, 1.82) is 0 Å². The first kappa shape index (κ1) is 14.3. The lowest BCUT2D eigenvalue weighted by Crippen LogP contribution is -2.30. The number of nitrogens with zero attached hydrogens (tertiary/aromatic N) is 1. The van der Waals surface area contributed by atoms with Crippen molar-refractivity contribution in [3.8, 4) is 0 Å². The third kappa shape index (κ3) is 3.25. The minimum atomic E-state index is -0.646. The molecule has 2 N–H and O–H groups in total. The Morgan fingerprint density at radius 3 is 2.89 bits per heavy atom. The van der Waals surface area contributed by atoms with Gasteiger partial charge in [-0.05, 0) is 50.3 Å². The number of rotatable bonds is 5. The van der Waals surface area contributed by atoms with Crippen LogP contribution in [0.15, 0.2) is 18.2 Å². The normalized spacial score (nSPS) is 20.8. The van der Waals surface area contributed by atoms with Gasteiger partial charge in [0.05, 0.1) is 11.8 Å². The Balaban J connectivity index is 2.16. The van der Waals surface area contributed by atoms with Gasteiger partial charge in [-0.1, -0.05) is 6.07 Å². The van der Waals surface area contributed by atoms with Gasteiger partial charge in [0, 0.05) is 19.2 Å². The summed E-state index contributed by atoms with van der Waals surface area (Å²) < 4.78 is 14.2. The van der Waals surface area contributed by atoms with Crippen LogP contribution in [-0.2, 0) is 0 Å². The number of halogens is 1. The standard InChI is InChI=1S/C15H22FNO2/c1-11(19)12-6-7-15(14(16)10-12)17-8-2-4-13(17)5-3-9-18/h6-7,10-11,13,18-19H,2-5,8-9H2,1H3. The summed E-state index contributed by atoms with van der Waals surface area (Å²) >= 11 is 0. The Kier molecular flexibility index (Phi) is 4.77. The number of aliphatic hydroxyl groups is 2. The van der Waals surface area contributed by atoms with Crippen molar-refractivity contribution in [2.24, 2.45) is 0 Å². The molecule has 2 atom stereocenters. The molecule has 1 fully saturated rings. The van der Waals surface area contributed by atoms with Gasteiger partial charge in [0.25, 0.3) is 0 Å². The molecule has 3 nitrogen and oxygen atoms in total. The fourth-order valence-corrected chi connectivity index (χ4v) is 2.80. The smallest absolute Gasteiger partial charge is 0.146 e. The Labute approximate surface area is 113 Å². The number of benzene rings is 1. The van der Waals surface area contributed by atoms with Gasteiger partial charge in [0.2, 0.25) is 0 Å². The molecule has 1 aromatic rings. The maximum atomic E-state index is 14.2. The molecule has 0 saturated carbocycles. The van der Waals surface area contributed by atoms with Gasteiger partial charge in [-0.15, -0.1) is 0 Å². The van der Waals surface area contributed by atoms with Crippen LogP contribution in [0.5, 0.6) is 0 Å². The number of anilines is 1. The van der Waals surface area contributed by atoms with Crippen LogP contribution in [0, 0.1) is 5.82 Å². The molecular formula is C15H22FNO2. The maximum Gasteiger partial charge on any atom is 0.146 e. The average molecular weight is 267 g/mol. The lowest BCUT2D eigenvalue weighted by molar-refractivity contribution is 0.199. The summed E-state index contributed by atoms with van der Waals surface area (Å²) in [5.74, 6) is -0.269. The van der Waals surface area contributed by atoms with Crippen molar-refractivity contribution in [1.82, 2.24) is 0 Å². The van der Waals surface area contributed by atoms with Crippen molar-refractivity contribution >= 4 is 5.69 Å². The molecule has 0 bridgehead atoms. The zero-order chi connectivity index (χ0) is 13.8. The molecule has 2 rings (SSSR count). The van der Waals surface area contributed by atoms with Crippen LogP contribution in [0.4, 0.5) is 10.1 Å². The highest BCUT2D eigenvalue weighted by molar-refractivity contribution is 5.51. The summed E-state index contributed by atoms with van der Waals surface area (Å²) in [5.41, 5.74) is 1.22. The summed E-state index contributed by atoms with van der Waals surface area (Å²) in [6.07, 6.45) is 3.13. The zero-order valence-corrected chi connectivity index (χ0v) is 11.3. The van der Waals surface area contributed by atoms with Crippen LogP contribution in [0.3, 0.4) is 0 Å². The Morgan fingerprint density at radius 1 is 1.47 bits per heavy atom. The van der Waals surface area contributed by atoms with Crippen LogP contribution in [0.2, 0.25) is 0 Å². The highest BCUT2D eigenvalue weighted by Gasteiger charge is 2.26. The van der Waals surface area contributed by atoms with E-state index in [0.717, 1.165) is 32.2 Å². The van der Waals surface area contributed by atoms with E-state index in [1.807, 2.05) is 0 Å². The largest absolute Gasteiger partial charge is 0.396 e. The number of hydrogen-bond acceptors (Lipinski definition) is 3. The van der Waals surface area contributed by atoms with E-state index >= 15 is 0 Å². The van der Waals surface area contributed by atoms with Gasteiger partial charge in [-0.25, -0.2) is 4.39 Å². The predicted molar refractivity (Wildman–Crippen MR) is 73.7 cm³/mol. The molecule has 0 amide bonds. The predicted octanol–water partition coefficient (Wildman–Crippen LogP) is 2.62. The summed E-state index contributed by atoms with van der Waals surface area (Å²) in [5, 5.41) is 18.4. The summed E-state index contributed by atoms with van der Waals surface area (Å²) in [6.45, 7) is 2.68. The second-order valence-electron chi connectivity index (χ2n) is 5.24. The molecule has 19 heavy (non-hydrogen) atoms. The van der Waals surface area contributed by atoms with E-state index in [0.29, 0.717) is 17.3 Å².